The maximum atomic E-state index is 12.2. The number of carbonyl (C=O) groups excluding carboxylic acids is 1. The van der Waals surface area contributed by atoms with Crippen molar-refractivity contribution in [2.24, 2.45) is 0 Å². The van der Waals surface area contributed by atoms with Crippen molar-refractivity contribution in [2.45, 2.75) is 33.2 Å². The van der Waals surface area contributed by atoms with Crippen molar-refractivity contribution in [3.8, 4) is 0 Å². The van der Waals surface area contributed by atoms with Crippen LogP contribution in [0.1, 0.15) is 29.2 Å². The van der Waals surface area contributed by atoms with Gasteiger partial charge in [0.1, 0.15) is 17.4 Å². The molecule has 0 unspecified atom stereocenters. The fraction of sp³-hybridized carbons (Fsp3) is 0.429. The fourth-order valence-electron chi connectivity index (χ4n) is 2.32. The van der Waals surface area contributed by atoms with Crippen molar-refractivity contribution in [3.05, 3.63) is 43.9 Å². The SMILES string of the molecule is Cc1nn([C@H](C)C(=O)NCCc2cccs2)c(C)c1[N+](=O)[O-]. The van der Waals surface area contributed by atoms with Crippen LogP contribution in [0.15, 0.2) is 17.5 Å². The van der Waals surface area contributed by atoms with Crippen molar-refractivity contribution >= 4 is 22.9 Å². The number of nitro groups is 1. The molecule has 1 N–H and O–H groups in total. The van der Waals surface area contributed by atoms with Crippen LogP contribution in [0.2, 0.25) is 0 Å². The number of aryl methyl sites for hydroxylation is 1. The second-order valence-electron chi connectivity index (χ2n) is 5.02. The number of nitrogens with one attached hydrogen (secondary N) is 1. The number of carbonyl (C=O) groups is 1. The Kier molecular flexibility index (Phi) is 4.92. The topological polar surface area (TPSA) is 90.1 Å². The van der Waals surface area contributed by atoms with Gasteiger partial charge in [0, 0.05) is 11.4 Å². The summed E-state index contributed by atoms with van der Waals surface area (Å²) in [6.45, 7) is 5.39. The maximum Gasteiger partial charge on any atom is 0.312 e. The highest BCUT2D eigenvalue weighted by molar-refractivity contribution is 7.09. The average Bonchev–Trinajstić information content (AvgIpc) is 3.05. The van der Waals surface area contributed by atoms with Gasteiger partial charge < -0.3 is 5.32 Å². The van der Waals surface area contributed by atoms with Gasteiger partial charge in [0.25, 0.3) is 0 Å². The molecule has 0 aromatic carbocycles. The lowest BCUT2D eigenvalue weighted by Crippen LogP contribution is -2.33. The molecule has 2 aromatic rings. The highest BCUT2D eigenvalue weighted by Crippen LogP contribution is 2.24. The lowest BCUT2D eigenvalue weighted by molar-refractivity contribution is -0.386. The van der Waals surface area contributed by atoms with E-state index in [-0.39, 0.29) is 11.6 Å². The molecular weight excluding hydrogens is 304 g/mol. The predicted molar refractivity (Wildman–Crippen MR) is 84.1 cm³/mol. The Morgan fingerprint density at radius 2 is 2.27 bits per heavy atom. The third kappa shape index (κ3) is 3.33. The number of hydrogen-bond donors (Lipinski definition) is 1. The van der Waals surface area contributed by atoms with E-state index in [4.69, 9.17) is 0 Å². The molecule has 7 nitrogen and oxygen atoms in total. The molecule has 0 aliphatic carbocycles. The third-order valence-electron chi connectivity index (χ3n) is 3.47. The van der Waals surface area contributed by atoms with E-state index >= 15 is 0 Å². The second kappa shape index (κ2) is 6.69. The van der Waals surface area contributed by atoms with E-state index in [9.17, 15) is 14.9 Å². The van der Waals surface area contributed by atoms with Crippen molar-refractivity contribution in [1.29, 1.82) is 0 Å². The normalized spacial score (nSPS) is 12.1. The van der Waals surface area contributed by atoms with Gasteiger partial charge in [-0.3, -0.25) is 19.6 Å². The summed E-state index contributed by atoms with van der Waals surface area (Å²) in [7, 11) is 0. The molecule has 0 spiro atoms. The molecule has 2 heterocycles. The summed E-state index contributed by atoms with van der Waals surface area (Å²) in [6, 6.07) is 3.40. The first-order valence-corrected chi connectivity index (χ1v) is 7.80. The molecule has 2 aromatic heterocycles. The molecule has 1 amide bonds. The number of nitrogens with zero attached hydrogens (tertiary/aromatic N) is 3. The monoisotopic (exact) mass is 322 g/mol. The van der Waals surface area contributed by atoms with Crippen LogP contribution >= 0.6 is 11.3 Å². The van der Waals surface area contributed by atoms with Crippen LogP contribution in [0.4, 0.5) is 5.69 Å². The smallest absolute Gasteiger partial charge is 0.312 e. The number of thiophene rings is 1. The largest absolute Gasteiger partial charge is 0.354 e. The second-order valence-corrected chi connectivity index (χ2v) is 6.05. The molecule has 0 fully saturated rings. The zero-order valence-corrected chi connectivity index (χ0v) is 13.5. The number of aromatic nitrogens is 2. The standard InChI is InChI=1S/C14H18N4O3S/c1-9-13(18(20)21)10(2)17(16-9)11(3)14(19)15-7-6-12-5-4-8-22-12/h4-5,8,11H,6-7H2,1-3H3,(H,15,19)/t11-/m1/s1. The van der Waals surface area contributed by atoms with E-state index in [2.05, 4.69) is 10.4 Å². The fourth-order valence-corrected chi connectivity index (χ4v) is 3.03. The van der Waals surface area contributed by atoms with E-state index < -0.39 is 11.0 Å². The summed E-state index contributed by atoms with van der Waals surface area (Å²) in [5.74, 6) is -0.197. The predicted octanol–water partition coefficient (Wildman–Crippen LogP) is 2.39. The average molecular weight is 322 g/mol. The van der Waals surface area contributed by atoms with Gasteiger partial charge in [-0.2, -0.15) is 5.10 Å². The van der Waals surface area contributed by atoms with E-state index in [0.717, 1.165) is 6.42 Å². The summed E-state index contributed by atoms with van der Waals surface area (Å²) < 4.78 is 1.41. The van der Waals surface area contributed by atoms with Crippen molar-refractivity contribution in [2.75, 3.05) is 6.54 Å². The van der Waals surface area contributed by atoms with E-state index in [1.807, 2.05) is 17.5 Å². The van der Waals surface area contributed by atoms with Gasteiger partial charge in [-0.05, 0) is 38.6 Å². The van der Waals surface area contributed by atoms with E-state index in [0.29, 0.717) is 17.9 Å². The highest BCUT2D eigenvalue weighted by atomic mass is 32.1. The van der Waals surface area contributed by atoms with Crippen LogP contribution in [0.3, 0.4) is 0 Å². The van der Waals surface area contributed by atoms with E-state index in [1.165, 1.54) is 9.56 Å². The molecule has 2 rings (SSSR count). The summed E-state index contributed by atoms with van der Waals surface area (Å²) in [6.07, 6.45) is 0.771. The first kappa shape index (κ1) is 16.2. The van der Waals surface area contributed by atoms with Gasteiger partial charge in [0.15, 0.2) is 0 Å². The Bertz CT molecular complexity index is 679. The lowest BCUT2D eigenvalue weighted by atomic mass is 10.2. The van der Waals surface area contributed by atoms with Crippen LogP contribution < -0.4 is 5.32 Å². The molecule has 0 aliphatic rings. The number of amides is 1. The number of rotatable bonds is 6. The molecule has 118 valence electrons. The molecule has 0 bridgehead atoms. The third-order valence-corrected chi connectivity index (χ3v) is 4.40. The molecule has 0 radical (unpaired) electrons. The Balaban J connectivity index is 2.01. The first-order valence-electron chi connectivity index (χ1n) is 6.92. The maximum absolute atomic E-state index is 12.2. The van der Waals surface area contributed by atoms with Crippen molar-refractivity contribution in [3.63, 3.8) is 0 Å². The molecule has 1 atom stereocenters. The van der Waals surface area contributed by atoms with Gasteiger partial charge in [-0.15, -0.1) is 11.3 Å². The minimum Gasteiger partial charge on any atom is -0.354 e. The van der Waals surface area contributed by atoms with Gasteiger partial charge in [-0.25, -0.2) is 0 Å². The molecule has 0 saturated carbocycles. The Morgan fingerprint density at radius 3 is 2.82 bits per heavy atom. The van der Waals surface area contributed by atoms with E-state index in [1.54, 1.807) is 32.1 Å². The Labute approximate surface area is 132 Å². The Hall–Kier alpha value is -2.22. The minimum atomic E-state index is -0.587. The highest BCUT2D eigenvalue weighted by Gasteiger charge is 2.26. The van der Waals surface area contributed by atoms with Crippen molar-refractivity contribution in [1.82, 2.24) is 15.1 Å². The molecule has 22 heavy (non-hydrogen) atoms. The molecular formula is C14H18N4O3S. The van der Waals surface area contributed by atoms with Crippen LogP contribution in [0.25, 0.3) is 0 Å². The molecule has 8 heteroatoms. The first-order chi connectivity index (χ1) is 10.4. The molecule has 0 saturated heterocycles. The Morgan fingerprint density at radius 1 is 1.55 bits per heavy atom. The molecule has 0 aliphatic heterocycles. The minimum absolute atomic E-state index is 0.0294. The summed E-state index contributed by atoms with van der Waals surface area (Å²) >= 11 is 1.65. The van der Waals surface area contributed by atoms with Gasteiger partial charge in [-0.1, -0.05) is 6.07 Å². The zero-order chi connectivity index (χ0) is 16.3. The zero-order valence-electron chi connectivity index (χ0n) is 12.7. The van der Waals surface area contributed by atoms with Crippen LogP contribution in [0, 0.1) is 24.0 Å². The van der Waals surface area contributed by atoms with Gasteiger partial charge in [0.05, 0.1) is 4.92 Å². The quantitative estimate of drug-likeness (QED) is 0.653. The lowest BCUT2D eigenvalue weighted by Gasteiger charge is -2.13. The summed E-state index contributed by atoms with van der Waals surface area (Å²) in [5.41, 5.74) is 0.683. The van der Waals surface area contributed by atoms with Gasteiger partial charge >= 0.3 is 5.69 Å². The van der Waals surface area contributed by atoms with Crippen LogP contribution in [-0.2, 0) is 11.2 Å². The van der Waals surface area contributed by atoms with Crippen molar-refractivity contribution < 1.29 is 9.72 Å². The van der Waals surface area contributed by atoms with Crippen LogP contribution in [-0.4, -0.2) is 27.2 Å². The summed E-state index contributed by atoms with van der Waals surface area (Å²) in [4.78, 5) is 23.9. The van der Waals surface area contributed by atoms with Crippen LogP contribution in [0.5, 0.6) is 0 Å². The summed E-state index contributed by atoms with van der Waals surface area (Å²) in [5, 5.41) is 20.0. The van der Waals surface area contributed by atoms with Gasteiger partial charge in [0.2, 0.25) is 5.91 Å². The number of hydrogen-bond acceptors (Lipinski definition) is 5.